The number of benzene rings is 2. The van der Waals surface area contributed by atoms with Gasteiger partial charge >= 0.3 is 0 Å². The average molecular weight is 311 g/mol. The number of hydrogen-bond donors (Lipinski definition) is 1. The molecule has 1 atom stereocenters. The van der Waals surface area contributed by atoms with Crippen molar-refractivity contribution in [3.63, 3.8) is 0 Å². The topological polar surface area (TPSA) is 37.3 Å². The van der Waals surface area contributed by atoms with E-state index >= 15 is 0 Å². The predicted octanol–water partition coefficient (Wildman–Crippen LogP) is 3.25. The van der Waals surface area contributed by atoms with Crippen molar-refractivity contribution in [1.29, 1.82) is 0 Å². The minimum absolute atomic E-state index is 0.0890. The molecule has 1 aromatic heterocycles. The van der Waals surface area contributed by atoms with E-state index in [1.807, 2.05) is 0 Å². The van der Waals surface area contributed by atoms with E-state index in [4.69, 9.17) is 9.98 Å². The minimum atomic E-state index is -0.133. The van der Waals surface area contributed by atoms with Crippen molar-refractivity contribution in [1.82, 2.24) is 4.98 Å². The molecule has 6 rings (SSSR count). The standard InChI is InChI=1S/C19H13N3Si/c1-19-14-8-9-23-18(19)22-13-7-3-5-11-16(13)17(19)15-10(20-11)4-2-6-12(15)21-14/h2-9,21,23H,1H3. The van der Waals surface area contributed by atoms with E-state index in [9.17, 15) is 0 Å². The first kappa shape index (κ1) is 11.9. The summed E-state index contributed by atoms with van der Waals surface area (Å²) in [5, 5.41) is 7.45. The van der Waals surface area contributed by atoms with E-state index in [2.05, 4.69) is 60.4 Å². The van der Waals surface area contributed by atoms with Gasteiger partial charge in [0, 0.05) is 27.5 Å². The van der Waals surface area contributed by atoms with Gasteiger partial charge in [-0.15, -0.1) is 0 Å². The summed E-state index contributed by atoms with van der Waals surface area (Å²) in [6, 6.07) is 12.7. The highest BCUT2D eigenvalue weighted by molar-refractivity contribution is 6.83. The largest absolute Gasteiger partial charge is 0.357 e. The van der Waals surface area contributed by atoms with Crippen LogP contribution in [0.25, 0.3) is 21.8 Å². The Morgan fingerprint density at radius 1 is 1.04 bits per heavy atom. The SMILES string of the molecule is CC12C3=CC=[SiH]C1=Nc1cccc4nc5cccc(c5c2c14)N3. The van der Waals surface area contributed by atoms with Crippen LogP contribution in [-0.2, 0) is 5.41 Å². The molecule has 1 N–H and O–H groups in total. The highest BCUT2D eigenvalue weighted by Gasteiger charge is 2.45. The highest BCUT2D eigenvalue weighted by Crippen LogP contribution is 2.52. The summed E-state index contributed by atoms with van der Waals surface area (Å²) >= 11 is 0. The van der Waals surface area contributed by atoms with E-state index in [1.165, 1.54) is 27.4 Å². The van der Waals surface area contributed by atoms with Crippen molar-refractivity contribution < 1.29 is 0 Å². The van der Waals surface area contributed by atoms with E-state index in [1.54, 1.807) is 0 Å². The fraction of sp³-hybridized carbons (Fsp3) is 0.105. The molecule has 3 nitrogen and oxygen atoms in total. The first-order valence-corrected chi connectivity index (χ1v) is 9.12. The Morgan fingerprint density at radius 3 is 2.78 bits per heavy atom. The van der Waals surface area contributed by atoms with Gasteiger partial charge in [0.1, 0.15) is 0 Å². The van der Waals surface area contributed by atoms with Crippen molar-refractivity contribution in [3.8, 4) is 0 Å². The van der Waals surface area contributed by atoms with Gasteiger partial charge in [-0.1, -0.05) is 17.8 Å². The third-order valence-corrected chi connectivity index (χ3v) is 6.79. The molecule has 4 heteroatoms. The molecule has 3 aliphatic rings. The first-order valence-electron chi connectivity index (χ1n) is 7.88. The highest BCUT2D eigenvalue weighted by atomic mass is 28.2. The molecule has 3 aliphatic heterocycles. The van der Waals surface area contributed by atoms with Crippen LogP contribution in [0.4, 0.5) is 11.4 Å². The van der Waals surface area contributed by atoms with Crippen molar-refractivity contribution >= 4 is 53.3 Å². The fourth-order valence-corrected chi connectivity index (χ4v) is 5.60. The summed E-state index contributed by atoms with van der Waals surface area (Å²) in [4.78, 5) is 9.95. The predicted molar refractivity (Wildman–Crippen MR) is 98.6 cm³/mol. The van der Waals surface area contributed by atoms with Gasteiger partial charge in [0.2, 0.25) is 0 Å². The Kier molecular flexibility index (Phi) is 1.89. The average Bonchev–Trinajstić information content (AvgIpc) is 2.56. The van der Waals surface area contributed by atoms with Crippen LogP contribution >= 0.6 is 0 Å². The Hall–Kier alpha value is -2.59. The number of allylic oxidation sites excluding steroid dienone is 2. The summed E-state index contributed by atoms with van der Waals surface area (Å²) in [7, 11) is 0.0890. The quantitative estimate of drug-likeness (QED) is 0.511. The number of anilines is 1. The fourth-order valence-electron chi connectivity index (χ4n) is 4.29. The maximum atomic E-state index is 5.05. The molecule has 0 amide bonds. The molecule has 1 unspecified atom stereocenters. The van der Waals surface area contributed by atoms with E-state index in [-0.39, 0.29) is 14.5 Å². The van der Waals surface area contributed by atoms with Crippen LogP contribution in [0.5, 0.6) is 0 Å². The zero-order valence-corrected chi connectivity index (χ0v) is 13.7. The van der Waals surface area contributed by atoms with Crippen LogP contribution in [0.3, 0.4) is 0 Å². The van der Waals surface area contributed by atoms with E-state index in [0.29, 0.717) is 0 Å². The second kappa shape index (κ2) is 3.66. The van der Waals surface area contributed by atoms with Gasteiger partial charge in [-0.05, 0) is 42.8 Å². The summed E-state index contributed by atoms with van der Waals surface area (Å²) < 4.78 is 0. The third-order valence-electron chi connectivity index (χ3n) is 5.38. The Labute approximate surface area is 135 Å². The summed E-state index contributed by atoms with van der Waals surface area (Å²) in [5.74, 6) is 0. The molecule has 0 spiro atoms. The lowest BCUT2D eigenvalue weighted by molar-refractivity contribution is 0.767. The smallest absolute Gasteiger partial charge is 0.0734 e. The Morgan fingerprint density at radius 2 is 1.87 bits per heavy atom. The van der Waals surface area contributed by atoms with Crippen LogP contribution < -0.4 is 5.32 Å². The number of rotatable bonds is 0. The zero-order valence-electron chi connectivity index (χ0n) is 12.6. The maximum Gasteiger partial charge on any atom is 0.0734 e. The molecule has 0 fully saturated rings. The number of pyridine rings is 1. The van der Waals surface area contributed by atoms with Crippen molar-refractivity contribution in [2.24, 2.45) is 4.99 Å². The maximum absolute atomic E-state index is 5.05. The van der Waals surface area contributed by atoms with Crippen LogP contribution in [0.15, 0.2) is 53.2 Å². The zero-order chi connectivity index (χ0) is 15.2. The molecule has 0 radical (unpaired) electrons. The van der Waals surface area contributed by atoms with Crippen LogP contribution in [0, 0.1) is 0 Å². The van der Waals surface area contributed by atoms with Crippen molar-refractivity contribution in [2.45, 2.75) is 12.3 Å². The van der Waals surface area contributed by atoms with Gasteiger partial charge in [-0.3, -0.25) is 4.99 Å². The molecule has 3 aromatic rings. The second-order valence-electron chi connectivity index (χ2n) is 6.54. The van der Waals surface area contributed by atoms with Gasteiger partial charge in [0.25, 0.3) is 0 Å². The van der Waals surface area contributed by atoms with Crippen LogP contribution in [-0.4, -0.2) is 25.1 Å². The molecular formula is C19H13N3Si. The van der Waals surface area contributed by atoms with E-state index < -0.39 is 0 Å². The molecule has 108 valence electrons. The van der Waals surface area contributed by atoms with Crippen molar-refractivity contribution in [3.05, 3.63) is 53.7 Å². The van der Waals surface area contributed by atoms with E-state index in [0.717, 1.165) is 22.4 Å². The normalized spacial score (nSPS) is 23.0. The molecule has 0 aliphatic carbocycles. The number of nitrogens with one attached hydrogen (secondary N) is 1. The first-order chi connectivity index (χ1) is 11.3. The van der Waals surface area contributed by atoms with Gasteiger partial charge in [-0.2, -0.15) is 0 Å². The molecule has 2 aromatic carbocycles. The Balaban J connectivity index is 1.99. The molecule has 0 saturated heterocycles. The lowest BCUT2D eigenvalue weighted by Gasteiger charge is -2.43. The molecule has 4 heterocycles. The summed E-state index contributed by atoms with van der Waals surface area (Å²) in [6.45, 7) is 2.32. The number of hydrogen-bond acceptors (Lipinski definition) is 3. The lowest BCUT2D eigenvalue weighted by atomic mass is 9.72. The Bertz CT molecular complexity index is 1160. The lowest BCUT2D eigenvalue weighted by Crippen LogP contribution is -2.45. The minimum Gasteiger partial charge on any atom is -0.357 e. The molecular weight excluding hydrogens is 298 g/mol. The van der Waals surface area contributed by atoms with Gasteiger partial charge < -0.3 is 5.32 Å². The molecule has 23 heavy (non-hydrogen) atoms. The molecule has 0 bridgehead atoms. The van der Waals surface area contributed by atoms with Gasteiger partial charge in [-0.25, -0.2) is 4.98 Å². The summed E-state index contributed by atoms with van der Waals surface area (Å²) in [5.41, 5.74) is 9.18. The van der Waals surface area contributed by atoms with Crippen molar-refractivity contribution in [2.75, 3.05) is 5.32 Å². The third kappa shape index (κ3) is 1.22. The van der Waals surface area contributed by atoms with Crippen LogP contribution in [0.2, 0.25) is 0 Å². The number of nitrogens with zero attached hydrogens (tertiary/aromatic N) is 2. The second-order valence-corrected chi connectivity index (χ2v) is 7.81. The number of aliphatic imine (C=N–C) groups is 1. The van der Waals surface area contributed by atoms with Gasteiger partial charge in [0.05, 0.1) is 31.3 Å². The molecule has 0 saturated carbocycles. The summed E-state index contributed by atoms with van der Waals surface area (Å²) in [6.07, 6.45) is 2.26. The monoisotopic (exact) mass is 311 g/mol. The van der Waals surface area contributed by atoms with Crippen LogP contribution in [0.1, 0.15) is 12.5 Å². The van der Waals surface area contributed by atoms with Gasteiger partial charge in [0.15, 0.2) is 0 Å². The number of aromatic nitrogens is 1.